The van der Waals surface area contributed by atoms with Crippen molar-refractivity contribution in [3.63, 3.8) is 0 Å². The lowest BCUT2D eigenvalue weighted by molar-refractivity contribution is -0.129. The van der Waals surface area contributed by atoms with E-state index in [1.807, 2.05) is 6.07 Å². The van der Waals surface area contributed by atoms with Gasteiger partial charge in [-0.1, -0.05) is 0 Å². The van der Waals surface area contributed by atoms with Gasteiger partial charge in [-0.25, -0.2) is 4.98 Å². The van der Waals surface area contributed by atoms with E-state index in [2.05, 4.69) is 9.72 Å². The Hall–Kier alpha value is -1.89. The molecule has 1 aromatic heterocycles. The lowest BCUT2D eigenvalue weighted by Crippen LogP contribution is -1.95. The summed E-state index contributed by atoms with van der Waals surface area (Å²) in [7, 11) is 0. The molecule has 0 saturated carbocycles. The third kappa shape index (κ3) is 2.56. The first-order chi connectivity index (χ1) is 6.26. The molecule has 0 spiro atoms. The van der Waals surface area contributed by atoms with Crippen LogP contribution in [0.3, 0.4) is 0 Å². The van der Waals surface area contributed by atoms with Crippen LogP contribution in [0.5, 0.6) is 0 Å². The third-order valence-corrected chi connectivity index (χ3v) is 1.45. The maximum absolute atomic E-state index is 9.91. The number of hydrogen-bond acceptors (Lipinski definition) is 4. The van der Waals surface area contributed by atoms with Crippen molar-refractivity contribution >= 4 is 6.47 Å². The first kappa shape index (κ1) is 9.20. The molecule has 13 heavy (non-hydrogen) atoms. The molecule has 4 heteroatoms. The standard InChI is InChI=1S/C9H8N2O2/c1-7-2-8(5-13-6-12)3-9(4-10)11-7/h2-3,6H,5H2,1H3. The second kappa shape index (κ2) is 4.21. The topological polar surface area (TPSA) is 63.0 Å². The Bertz CT molecular complexity index is 355. The van der Waals surface area contributed by atoms with E-state index in [1.54, 1.807) is 19.1 Å². The van der Waals surface area contributed by atoms with Gasteiger partial charge >= 0.3 is 0 Å². The monoisotopic (exact) mass is 176 g/mol. The number of carbonyl (C=O) groups is 1. The minimum Gasteiger partial charge on any atom is -0.463 e. The molecule has 0 aliphatic carbocycles. The van der Waals surface area contributed by atoms with E-state index in [1.165, 1.54) is 0 Å². The van der Waals surface area contributed by atoms with Gasteiger partial charge in [0.2, 0.25) is 0 Å². The Morgan fingerprint density at radius 3 is 3.08 bits per heavy atom. The number of aryl methyl sites for hydroxylation is 1. The van der Waals surface area contributed by atoms with Gasteiger partial charge in [-0.05, 0) is 24.6 Å². The van der Waals surface area contributed by atoms with Crippen molar-refractivity contribution in [1.29, 1.82) is 5.26 Å². The first-order valence-electron chi connectivity index (χ1n) is 3.69. The molecule has 4 nitrogen and oxygen atoms in total. The highest BCUT2D eigenvalue weighted by Crippen LogP contribution is 2.05. The number of nitriles is 1. The number of nitrogens with zero attached hydrogens (tertiary/aromatic N) is 2. The zero-order valence-corrected chi connectivity index (χ0v) is 7.15. The highest BCUT2D eigenvalue weighted by molar-refractivity contribution is 5.38. The van der Waals surface area contributed by atoms with Gasteiger partial charge in [-0.15, -0.1) is 0 Å². The SMILES string of the molecule is Cc1cc(COC=O)cc(C#N)n1. The van der Waals surface area contributed by atoms with Crippen LogP contribution in [0.2, 0.25) is 0 Å². The van der Waals surface area contributed by atoms with E-state index < -0.39 is 0 Å². The summed E-state index contributed by atoms with van der Waals surface area (Å²) in [4.78, 5) is 13.9. The molecule has 0 radical (unpaired) electrons. The Kier molecular flexibility index (Phi) is 2.98. The lowest BCUT2D eigenvalue weighted by Gasteiger charge is -2.00. The van der Waals surface area contributed by atoms with Crippen molar-refractivity contribution in [3.05, 3.63) is 29.1 Å². The maximum Gasteiger partial charge on any atom is 0.293 e. The van der Waals surface area contributed by atoms with Crippen LogP contribution in [0.25, 0.3) is 0 Å². The van der Waals surface area contributed by atoms with Crippen LogP contribution >= 0.6 is 0 Å². The van der Waals surface area contributed by atoms with Crippen LogP contribution in [0, 0.1) is 18.3 Å². The molecule has 0 N–H and O–H groups in total. The average Bonchev–Trinajstić information content (AvgIpc) is 2.14. The smallest absolute Gasteiger partial charge is 0.293 e. The molecule has 0 bridgehead atoms. The van der Waals surface area contributed by atoms with Crippen LogP contribution in [0.15, 0.2) is 12.1 Å². The largest absolute Gasteiger partial charge is 0.463 e. The summed E-state index contributed by atoms with van der Waals surface area (Å²) in [6, 6.07) is 5.29. The summed E-state index contributed by atoms with van der Waals surface area (Å²) in [5.41, 5.74) is 1.85. The summed E-state index contributed by atoms with van der Waals surface area (Å²) in [6.45, 7) is 2.34. The second-order valence-corrected chi connectivity index (χ2v) is 2.52. The fourth-order valence-electron chi connectivity index (χ4n) is 1.01. The zero-order chi connectivity index (χ0) is 9.68. The molecule has 0 saturated heterocycles. The fourth-order valence-corrected chi connectivity index (χ4v) is 1.01. The predicted molar refractivity (Wildman–Crippen MR) is 44.5 cm³/mol. The van der Waals surface area contributed by atoms with Gasteiger partial charge in [0.1, 0.15) is 18.4 Å². The fraction of sp³-hybridized carbons (Fsp3) is 0.222. The van der Waals surface area contributed by atoms with Gasteiger partial charge in [0, 0.05) is 5.69 Å². The normalized spacial score (nSPS) is 8.92. The summed E-state index contributed by atoms with van der Waals surface area (Å²) < 4.78 is 4.56. The highest BCUT2D eigenvalue weighted by Gasteiger charge is 1.99. The van der Waals surface area contributed by atoms with Crippen LogP contribution in [0.4, 0.5) is 0 Å². The van der Waals surface area contributed by atoms with E-state index in [9.17, 15) is 4.79 Å². The molecular weight excluding hydrogens is 168 g/mol. The minimum atomic E-state index is 0.182. The average molecular weight is 176 g/mol. The van der Waals surface area contributed by atoms with Crippen LogP contribution in [-0.2, 0) is 16.1 Å². The van der Waals surface area contributed by atoms with Gasteiger partial charge in [0.25, 0.3) is 6.47 Å². The Morgan fingerprint density at radius 2 is 2.46 bits per heavy atom. The molecule has 0 atom stereocenters. The van der Waals surface area contributed by atoms with Crippen molar-refractivity contribution < 1.29 is 9.53 Å². The van der Waals surface area contributed by atoms with E-state index in [4.69, 9.17) is 5.26 Å². The van der Waals surface area contributed by atoms with Gasteiger partial charge in [0.15, 0.2) is 0 Å². The van der Waals surface area contributed by atoms with Crippen molar-refractivity contribution in [2.24, 2.45) is 0 Å². The van der Waals surface area contributed by atoms with E-state index in [0.717, 1.165) is 11.3 Å². The number of carbonyl (C=O) groups excluding carboxylic acids is 1. The molecule has 66 valence electrons. The summed E-state index contributed by atoms with van der Waals surface area (Å²) in [5, 5.41) is 8.59. The predicted octanol–water partition coefficient (Wildman–Crippen LogP) is 0.935. The van der Waals surface area contributed by atoms with E-state index >= 15 is 0 Å². The molecule has 0 aliphatic rings. The number of pyridine rings is 1. The number of hydrogen-bond donors (Lipinski definition) is 0. The summed E-state index contributed by atoms with van der Waals surface area (Å²) >= 11 is 0. The second-order valence-electron chi connectivity index (χ2n) is 2.52. The summed E-state index contributed by atoms with van der Waals surface area (Å²) in [5.74, 6) is 0. The Labute approximate surface area is 75.8 Å². The number of ether oxygens (including phenoxy) is 1. The molecular formula is C9H8N2O2. The van der Waals surface area contributed by atoms with E-state index in [0.29, 0.717) is 12.2 Å². The van der Waals surface area contributed by atoms with Gasteiger partial charge in [-0.3, -0.25) is 4.79 Å². The Balaban J connectivity index is 2.89. The molecule has 0 amide bonds. The van der Waals surface area contributed by atoms with Gasteiger partial charge in [-0.2, -0.15) is 5.26 Å². The molecule has 0 fully saturated rings. The van der Waals surface area contributed by atoms with Crippen molar-refractivity contribution in [2.45, 2.75) is 13.5 Å². The van der Waals surface area contributed by atoms with Gasteiger partial charge in [0.05, 0.1) is 0 Å². The number of aromatic nitrogens is 1. The lowest BCUT2D eigenvalue weighted by atomic mass is 10.2. The van der Waals surface area contributed by atoms with E-state index in [-0.39, 0.29) is 6.61 Å². The number of rotatable bonds is 3. The van der Waals surface area contributed by atoms with Crippen LogP contribution in [-0.4, -0.2) is 11.5 Å². The molecule has 1 heterocycles. The van der Waals surface area contributed by atoms with Crippen LogP contribution in [0.1, 0.15) is 17.0 Å². The van der Waals surface area contributed by atoms with Crippen LogP contribution < -0.4 is 0 Å². The zero-order valence-electron chi connectivity index (χ0n) is 7.15. The minimum absolute atomic E-state index is 0.182. The van der Waals surface area contributed by atoms with Gasteiger partial charge < -0.3 is 4.74 Å². The Morgan fingerprint density at radius 1 is 1.69 bits per heavy atom. The quantitative estimate of drug-likeness (QED) is 0.643. The van der Waals surface area contributed by atoms with Crippen molar-refractivity contribution in [3.8, 4) is 6.07 Å². The molecule has 1 rings (SSSR count). The highest BCUT2D eigenvalue weighted by atomic mass is 16.5. The third-order valence-electron chi connectivity index (χ3n) is 1.45. The van der Waals surface area contributed by atoms with Crippen molar-refractivity contribution in [2.75, 3.05) is 0 Å². The molecule has 0 aromatic carbocycles. The molecule has 0 aliphatic heterocycles. The summed E-state index contributed by atoms with van der Waals surface area (Å²) in [6.07, 6.45) is 0. The molecule has 1 aromatic rings. The first-order valence-corrected chi connectivity index (χ1v) is 3.69. The van der Waals surface area contributed by atoms with Crippen molar-refractivity contribution in [1.82, 2.24) is 4.98 Å². The maximum atomic E-state index is 9.91. The molecule has 0 unspecified atom stereocenters.